The molecule has 0 saturated heterocycles. The second kappa shape index (κ2) is 9.30. The number of hydrogen-bond acceptors (Lipinski definition) is 5. The SMILES string of the molecule is CC(C)CC(NS(=O)(=O)c1cccc(C(F)(F)F)c1)C(=O)NNC(=O)c1ccco1. The number of sulfonamides is 1. The van der Waals surface area contributed by atoms with E-state index in [0.717, 1.165) is 18.2 Å². The van der Waals surface area contributed by atoms with Crippen LogP contribution in [0.1, 0.15) is 36.4 Å². The summed E-state index contributed by atoms with van der Waals surface area (Å²) >= 11 is 0. The van der Waals surface area contributed by atoms with Gasteiger partial charge in [-0.2, -0.15) is 17.9 Å². The third-order valence-electron chi connectivity index (χ3n) is 3.84. The first kappa shape index (κ1) is 23.4. The van der Waals surface area contributed by atoms with Gasteiger partial charge in [0.25, 0.3) is 5.91 Å². The van der Waals surface area contributed by atoms with Crippen LogP contribution in [0.3, 0.4) is 0 Å². The third kappa shape index (κ3) is 6.32. The van der Waals surface area contributed by atoms with Crippen molar-refractivity contribution in [1.82, 2.24) is 15.6 Å². The lowest BCUT2D eigenvalue weighted by atomic mass is 10.0. The summed E-state index contributed by atoms with van der Waals surface area (Å²) < 4.78 is 70.8. The molecule has 30 heavy (non-hydrogen) atoms. The van der Waals surface area contributed by atoms with E-state index in [0.29, 0.717) is 6.07 Å². The number of furan rings is 1. The van der Waals surface area contributed by atoms with Crippen LogP contribution in [0.2, 0.25) is 0 Å². The van der Waals surface area contributed by atoms with Crippen LogP contribution in [0, 0.1) is 5.92 Å². The molecule has 1 aromatic carbocycles. The number of alkyl halides is 3. The number of nitrogens with one attached hydrogen (secondary N) is 3. The summed E-state index contributed by atoms with van der Waals surface area (Å²) in [5, 5.41) is 0. The van der Waals surface area contributed by atoms with Gasteiger partial charge in [0, 0.05) is 0 Å². The van der Waals surface area contributed by atoms with Crippen molar-refractivity contribution in [3.63, 3.8) is 0 Å². The molecule has 0 fully saturated rings. The maximum absolute atomic E-state index is 12.9. The largest absolute Gasteiger partial charge is 0.459 e. The van der Waals surface area contributed by atoms with Gasteiger partial charge in [-0.05, 0) is 42.7 Å². The Kier molecular flexibility index (Phi) is 7.26. The number of rotatable bonds is 7. The number of carbonyl (C=O) groups excluding carboxylic acids is 2. The lowest BCUT2D eigenvalue weighted by molar-refractivity contribution is -0.137. The van der Waals surface area contributed by atoms with Crippen LogP contribution >= 0.6 is 0 Å². The molecule has 2 aromatic rings. The topological polar surface area (TPSA) is 118 Å². The second-order valence-corrected chi connectivity index (χ2v) is 8.46. The van der Waals surface area contributed by atoms with Crippen LogP contribution in [-0.2, 0) is 21.0 Å². The van der Waals surface area contributed by atoms with Gasteiger partial charge in [-0.3, -0.25) is 20.4 Å². The number of benzene rings is 1. The fraction of sp³-hybridized carbons (Fsp3) is 0.333. The van der Waals surface area contributed by atoms with E-state index in [9.17, 15) is 31.2 Å². The molecule has 0 bridgehead atoms. The average Bonchev–Trinajstić information content (AvgIpc) is 3.19. The van der Waals surface area contributed by atoms with E-state index < -0.39 is 44.5 Å². The molecule has 0 aliphatic rings. The Hall–Kier alpha value is -2.86. The van der Waals surface area contributed by atoms with Gasteiger partial charge in [0.2, 0.25) is 10.0 Å². The highest BCUT2D eigenvalue weighted by atomic mass is 32.2. The minimum absolute atomic E-state index is 0.0284. The van der Waals surface area contributed by atoms with Crippen molar-refractivity contribution in [2.24, 2.45) is 5.92 Å². The summed E-state index contributed by atoms with van der Waals surface area (Å²) in [7, 11) is -4.46. The molecule has 0 saturated carbocycles. The first-order valence-electron chi connectivity index (χ1n) is 8.73. The molecule has 0 aliphatic carbocycles. The lowest BCUT2D eigenvalue weighted by Gasteiger charge is -2.20. The van der Waals surface area contributed by atoms with E-state index in [1.54, 1.807) is 13.8 Å². The molecule has 8 nitrogen and oxygen atoms in total. The number of halogens is 3. The van der Waals surface area contributed by atoms with Crippen LogP contribution < -0.4 is 15.6 Å². The highest BCUT2D eigenvalue weighted by Crippen LogP contribution is 2.30. The zero-order chi connectivity index (χ0) is 22.5. The molecular weight excluding hydrogens is 427 g/mol. The maximum atomic E-state index is 12.9. The molecule has 164 valence electrons. The highest BCUT2D eigenvalue weighted by molar-refractivity contribution is 7.89. The third-order valence-corrected chi connectivity index (χ3v) is 5.31. The van der Waals surface area contributed by atoms with Crippen LogP contribution in [0.15, 0.2) is 52.0 Å². The summed E-state index contributed by atoms with van der Waals surface area (Å²) in [5.74, 6) is -1.89. The highest BCUT2D eigenvalue weighted by Gasteiger charge is 2.33. The summed E-state index contributed by atoms with van der Waals surface area (Å²) in [6.07, 6.45) is -3.45. The quantitative estimate of drug-likeness (QED) is 0.564. The Balaban J connectivity index is 2.16. The zero-order valence-electron chi connectivity index (χ0n) is 16.0. The van der Waals surface area contributed by atoms with Gasteiger partial charge < -0.3 is 4.42 Å². The molecular formula is C18H20F3N3O5S. The number of carbonyl (C=O) groups is 2. The van der Waals surface area contributed by atoms with Gasteiger partial charge in [-0.15, -0.1) is 0 Å². The van der Waals surface area contributed by atoms with E-state index in [1.165, 1.54) is 18.4 Å². The van der Waals surface area contributed by atoms with Gasteiger partial charge in [-0.25, -0.2) is 8.42 Å². The molecule has 1 atom stereocenters. The van der Waals surface area contributed by atoms with Crippen molar-refractivity contribution in [2.45, 2.75) is 37.4 Å². The zero-order valence-corrected chi connectivity index (χ0v) is 16.8. The molecule has 0 aliphatic heterocycles. The molecule has 0 spiro atoms. The number of hydrogen-bond donors (Lipinski definition) is 3. The van der Waals surface area contributed by atoms with Crippen LogP contribution in [0.5, 0.6) is 0 Å². The Bertz CT molecular complexity index is 989. The van der Waals surface area contributed by atoms with E-state index in [1.807, 2.05) is 0 Å². The van der Waals surface area contributed by atoms with Crippen molar-refractivity contribution in [2.75, 3.05) is 0 Å². The minimum Gasteiger partial charge on any atom is -0.459 e. The second-order valence-electron chi connectivity index (χ2n) is 6.75. The first-order valence-corrected chi connectivity index (χ1v) is 10.2. The van der Waals surface area contributed by atoms with Crippen LogP contribution in [-0.4, -0.2) is 26.3 Å². The monoisotopic (exact) mass is 447 g/mol. The standard InChI is InChI=1S/C18H20F3N3O5S/c1-11(2)9-14(16(25)22-23-17(26)15-7-4-8-29-15)24-30(27,28)13-6-3-5-12(10-13)18(19,20)21/h3-8,10-11,14,24H,9H2,1-2H3,(H,22,25)(H,23,26). The molecule has 1 heterocycles. The predicted molar refractivity (Wildman–Crippen MR) is 99.3 cm³/mol. The van der Waals surface area contributed by atoms with E-state index in [4.69, 9.17) is 4.42 Å². The van der Waals surface area contributed by atoms with Gasteiger partial charge in [0.1, 0.15) is 6.04 Å². The summed E-state index contributed by atoms with van der Waals surface area (Å²) in [6, 6.07) is 4.62. The molecule has 12 heteroatoms. The Morgan fingerprint density at radius 3 is 2.37 bits per heavy atom. The fourth-order valence-electron chi connectivity index (χ4n) is 2.45. The van der Waals surface area contributed by atoms with Crippen molar-refractivity contribution >= 4 is 21.8 Å². The minimum atomic E-state index is -4.73. The van der Waals surface area contributed by atoms with Gasteiger partial charge in [0.05, 0.1) is 16.7 Å². The summed E-state index contributed by atoms with van der Waals surface area (Å²) in [4.78, 5) is 23.6. The smallest absolute Gasteiger partial charge is 0.416 e. The number of hydrazine groups is 1. The maximum Gasteiger partial charge on any atom is 0.416 e. The normalized spacial score (nSPS) is 13.1. The molecule has 0 radical (unpaired) electrons. The van der Waals surface area contributed by atoms with Crippen molar-refractivity contribution in [3.05, 3.63) is 54.0 Å². The average molecular weight is 447 g/mol. The molecule has 1 unspecified atom stereocenters. The van der Waals surface area contributed by atoms with Crippen molar-refractivity contribution in [1.29, 1.82) is 0 Å². The van der Waals surface area contributed by atoms with Crippen molar-refractivity contribution < 1.29 is 35.6 Å². The van der Waals surface area contributed by atoms with Crippen LogP contribution in [0.25, 0.3) is 0 Å². The van der Waals surface area contributed by atoms with Crippen LogP contribution in [0.4, 0.5) is 13.2 Å². The Morgan fingerprint density at radius 1 is 1.10 bits per heavy atom. The van der Waals surface area contributed by atoms with Gasteiger partial charge >= 0.3 is 12.1 Å². The molecule has 1 aromatic heterocycles. The Labute approximate surface area is 170 Å². The van der Waals surface area contributed by atoms with E-state index in [-0.39, 0.29) is 18.1 Å². The summed E-state index contributed by atoms with van der Waals surface area (Å²) in [6.45, 7) is 3.45. The van der Waals surface area contributed by atoms with E-state index >= 15 is 0 Å². The predicted octanol–water partition coefficient (Wildman–Crippen LogP) is 2.45. The molecule has 2 amide bonds. The summed E-state index contributed by atoms with van der Waals surface area (Å²) in [5.41, 5.74) is 3.02. The van der Waals surface area contributed by atoms with Gasteiger partial charge in [0.15, 0.2) is 5.76 Å². The molecule has 3 N–H and O–H groups in total. The van der Waals surface area contributed by atoms with Gasteiger partial charge in [-0.1, -0.05) is 19.9 Å². The van der Waals surface area contributed by atoms with E-state index in [2.05, 4.69) is 15.6 Å². The molecule has 2 rings (SSSR count). The van der Waals surface area contributed by atoms with Crippen molar-refractivity contribution in [3.8, 4) is 0 Å². The Morgan fingerprint density at radius 2 is 1.80 bits per heavy atom. The fourth-order valence-corrected chi connectivity index (χ4v) is 3.70. The first-order chi connectivity index (χ1) is 13.9. The lowest BCUT2D eigenvalue weighted by Crippen LogP contribution is -2.52. The number of amides is 2.